The normalized spacial score (nSPS) is 14.3. The number of aromatic nitrogens is 1. The van der Waals surface area contributed by atoms with E-state index in [0.29, 0.717) is 42.1 Å². The maximum absolute atomic E-state index is 13.4. The van der Waals surface area contributed by atoms with E-state index in [-0.39, 0.29) is 25.2 Å². The summed E-state index contributed by atoms with van der Waals surface area (Å²) >= 11 is 0. The van der Waals surface area contributed by atoms with Gasteiger partial charge in [-0.25, -0.2) is 4.79 Å². The molecule has 188 valence electrons. The second kappa shape index (κ2) is 11.7. The maximum atomic E-state index is 13.4. The van der Waals surface area contributed by atoms with E-state index in [1.807, 2.05) is 43.3 Å². The summed E-state index contributed by atoms with van der Waals surface area (Å²) in [7, 11) is 0. The average molecular weight is 490 g/mol. The van der Waals surface area contributed by atoms with Gasteiger partial charge in [-0.15, -0.1) is 0 Å². The number of nitrogens with zero attached hydrogens (tertiary/aromatic N) is 1. The number of hydrogen-bond acceptors (Lipinski definition) is 5. The Labute approximate surface area is 210 Å². The van der Waals surface area contributed by atoms with Crippen LogP contribution >= 0.6 is 0 Å². The van der Waals surface area contributed by atoms with Crippen molar-refractivity contribution in [1.82, 2.24) is 15.2 Å². The van der Waals surface area contributed by atoms with Crippen molar-refractivity contribution < 1.29 is 23.9 Å². The minimum Gasteiger partial charge on any atom is -0.464 e. The van der Waals surface area contributed by atoms with E-state index in [9.17, 15) is 14.4 Å². The number of amides is 2. The number of esters is 1. The molecule has 8 heteroatoms. The molecule has 2 heterocycles. The highest BCUT2D eigenvalue weighted by atomic mass is 16.5. The van der Waals surface area contributed by atoms with E-state index in [0.717, 1.165) is 5.56 Å². The molecular formula is C28H31N3O5. The minimum absolute atomic E-state index is 0.165. The number of fused-ring (bicyclic) bond motifs is 1. The largest absolute Gasteiger partial charge is 0.464 e. The molecule has 2 N–H and O–H groups in total. The highest BCUT2D eigenvalue weighted by molar-refractivity contribution is 6.01. The zero-order valence-corrected chi connectivity index (χ0v) is 20.5. The second-order valence-corrected chi connectivity index (χ2v) is 8.51. The van der Waals surface area contributed by atoms with Crippen LogP contribution in [0.4, 0.5) is 0 Å². The molecule has 8 nitrogen and oxygen atoms in total. The van der Waals surface area contributed by atoms with Crippen LogP contribution in [0.25, 0.3) is 0 Å². The van der Waals surface area contributed by atoms with Crippen molar-refractivity contribution in [2.75, 3.05) is 13.2 Å². The van der Waals surface area contributed by atoms with E-state index in [2.05, 4.69) is 10.6 Å². The zero-order valence-electron chi connectivity index (χ0n) is 20.5. The Bertz CT molecular complexity index is 1210. The Morgan fingerprint density at radius 1 is 0.944 bits per heavy atom. The molecule has 0 aliphatic carbocycles. The number of carbonyl (C=O) groups is 3. The van der Waals surface area contributed by atoms with Crippen LogP contribution in [-0.4, -0.2) is 35.6 Å². The first-order chi connectivity index (χ1) is 17.5. The molecule has 2 atom stereocenters. The van der Waals surface area contributed by atoms with Crippen molar-refractivity contribution in [3.63, 3.8) is 0 Å². The zero-order chi connectivity index (χ0) is 25.5. The predicted molar refractivity (Wildman–Crippen MR) is 134 cm³/mol. The van der Waals surface area contributed by atoms with Crippen LogP contribution in [0, 0.1) is 0 Å². The third kappa shape index (κ3) is 5.49. The number of ether oxygens (including phenoxy) is 2. The quantitative estimate of drug-likeness (QED) is 0.444. The lowest BCUT2D eigenvalue weighted by molar-refractivity contribution is -0.145. The third-order valence-electron chi connectivity index (χ3n) is 6.23. The highest BCUT2D eigenvalue weighted by Crippen LogP contribution is 2.24. The van der Waals surface area contributed by atoms with Gasteiger partial charge in [0.1, 0.15) is 5.69 Å². The fraction of sp³-hybridized carbons (Fsp3) is 0.321. The highest BCUT2D eigenvalue weighted by Gasteiger charge is 2.30. The third-order valence-corrected chi connectivity index (χ3v) is 6.23. The van der Waals surface area contributed by atoms with Gasteiger partial charge < -0.3 is 24.7 Å². The van der Waals surface area contributed by atoms with Gasteiger partial charge >= 0.3 is 5.97 Å². The molecule has 0 saturated heterocycles. The summed E-state index contributed by atoms with van der Waals surface area (Å²) in [4.78, 5) is 39.5. The molecule has 0 fully saturated rings. The Morgan fingerprint density at radius 3 is 2.25 bits per heavy atom. The molecule has 1 aromatic heterocycles. The van der Waals surface area contributed by atoms with Gasteiger partial charge in [-0.1, -0.05) is 67.6 Å². The van der Waals surface area contributed by atoms with E-state index in [4.69, 9.17) is 9.47 Å². The van der Waals surface area contributed by atoms with E-state index in [1.54, 1.807) is 41.8 Å². The monoisotopic (exact) mass is 489 g/mol. The molecule has 0 bridgehead atoms. The Hall–Kier alpha value is -3.91. The molecule has 2 aromatic carbocycles. The van der Waals surface area contributed by atoms with Gasteiger partial charge in [-0.3, -0.25) is 9.59 Å². The van der Waals surface area contributed by atoms with Gasteiger partial charge in [0.25, 0.3) is 11.8 Å². The Morgan fingerprint density at radius 2 is 1.61 bits per heavy atom. The van der Waals surface area contributed by atoms with Crippen LogP contribution in [0.5, 0.6) is 0 Å². The molecule has 4 rings (SSSR count). The number of rotatable bonds is 9. The topological polar surface area (TPSA) is 98.7 Å². The second-order valence-electron chi connectivity index (χ2n) is 8.51. The molecule has 0 spiro atoms. The van der Waals surface area contributed by atoms with Crippen LogP contribution in [-0.2, 0) is 27.4 Å². The lowest BCUT2D eigenvalue weighted by Crippen LogP contribution is -2.36. The van der Waals surface area contributed by atoms with Gasteiger partial charge in [0.05, 0.1) is 37.1 Å². The molecule has 36 heavy (non-hydrogen) atoms. The van der Waals surface area contributed by atoms with Crippen LogP contribution in [0.1, 0.15) is 70.0 Å². The smallest absolute Gasteiger partial charge is 0.333 e. The molecule has 0 radical (unpaired) electrons. The van der Waals surface area contributed by atoms with Crippen LogP contribution in [0.2, 0.25) is 0 Å². The molecule has 2 unspecified atom stereocenters. The first-order valence-corrected chi connectivity index (χ1v) is 12.2. The fourth-order valence-corrected chi connectivity index (χ4v) is 4.41. The van der Waals surface area contributed by atoms with Gasteiger partial charge in [0.2, 0.25) is 0 Å². The first kappa shape index (κ1) is 25.2. The standard InChI is InChI=1S/C28H31N3O5/c1-3-22(19-11-7-5-8-12-19)29-26(32)21-17-23(31-15-16-35-18-24(21)31)27(33)30-25(28(34)36-4-2)20-13-9-6-10-14-20/h5-14,17,22,25H,3-4,15-16,18H2,1-2H3,(H,29,32)(H,30,33). The number of nitrogens with one attached hydrogen (secondary N) is 2. The molecule has 1 aliphatic rings. The van der Waals surface area contributed by atoms with Gasteiger partial charge in [0, 0.05) is 6.54 Å². The van der Waals surface area contributed by atoms with Crippen molar-refractivity contribution in [3.05, 3.63) is 94.8 Å². The Kier molecular flexibility index (Phi) is 8.17. The van der Waals surface area contributed by atoms with E-state index >= 15 is 0 Å². The maximum Gasteiger partial charge on any atom is 0.333 e. The predicted octanol–water partition coefficient (Wildman–Crippen LogP) is 3.93. The van der Waals surface area contributed by atoms with Crippen LogP contribution in [0.3, 0.4) is 0 Å². The summed E-state index contributed by atoms with van der Waals surface area (Å²) in [6, 6.07) is 19.2. The average Bonchev–Trinajstić information content (AvgIpc) is 3.31. The summed E-state index contributed by atoms with van der Waals surface area (Å²) in [5, 5.41) is 5.90. The first-order valence-electron chi connectivity index (χ1n) is 12.2. The summed E-state index contributed by atoms with van der Waals surface area (Å²) in [6.07, 6.45) is 0.716. The van der Waals surface area contributed by atoms with E-state index < -0.39 is 17.9 Å². The molecule has 1 aliphatic heterocycles. The number of carbonyl (C=O) groups excluding carboxylic acids is 3. The van der Waals surface area contributed by atoms with Gasteiger partial charge in [0.15, 0.2) is 6.04 Å². The fourth-order valence-electron chi connectivity index (χ4n) is 4.41. The lowest BCUT2D eigenvalue weighted by atomic mass is 10.0. The van der Waals surface area contributed by atoms with Crippen molar-refractivity contribution in [3.8, 4) is 0 Å². The minimum atomic E-state index is -0.968. The van der Waals surface area contributed by atoms with Crippen LogP contribution in [0.15, 0.2) is 66.7 Å². The van der Waals surface area contributed by atoms with Gasteiger partial charge in [-0.2, -0.15) is 0 Å². The lowest BCUT2D eigenvalue weighted by Gasteiger charge is -2.21. The van der Waals surface area contributed by atoms with E-state index in [1.165, 1.54) is 0 Å². The summed E-state index contributed by atoms with van der Waals surface area (Å²) in [5.41, 5.74) is 2.96. The van der Waals surface area contributed by atoms with Gasteiger partial charge in [-0.05, 0) is 30.5 Å². The van der Waals surface area contributed by atoms with Crippen molar-refractivity contribution in [1.29, 1.82) is 0 Å². The van der Waals surface area contributed by atoms with Crippen molar-refractivity contribution in [2.45, 2.75) is 45.5 Å². The molecule has 2 amide bonds. The number of benzene rings is 2. The molecule has 3 aromatic rings. The van der Waals surface area contributed by atoms with Crippen LogP contribution < -0.4 is 10.6 Å². The summed E-state index contributed by atoms with van der Waals surface area (Å²) in [6.45, 7) is 4.99. The van der Waals surface area contributed by atoms with Crippen molar-refractivity contribution >= 4 is 17.8 Å². The number of hydrogen-bond donors (Lipinski definition) is 2. The summed E-state index contributed by atoms with van der Waals surface area (Å²) in [5.74, 6) is -1.28. The molecule has 0 saturated carbocycles. The Balaban J connectivity index is 1.61. The SMILES string of the molecule is CCOC(=O)C(NC(=O)c1cc(C(=O)NC(CC)c2ccccc2)c2n1CCOC2)c1ccccc1. The van der Waals surface area contributed by atoms with Crippen molar-refractivity contribution in [2.24, 2.45) is 0 Å². The summed E-state index contributed by atoms with van der Waals surface area (Å²) < 4.78 is 12.6. The molecular weight excluding hydrogens is 458 g/mol.